The summed E-state index contributed by atoms with van der Waals surface area (Å²) in [5.41, 5.74) is 3.46. The van der Waals surface area contributed by atoms with Crippen LogP contribution in [0.2, 0.25) is 0 Å². The number of nitrogens with one attached hydrogen (secondary N) is 2. The maximum atomic E-state index is 12.9. The SMILES string of the molecule is C=Cc1ccc(NC(=O)[C@H]2CCCC[C@@H]2C(=O)Nc2ccc(C=C)cc2)cc1. The zero-order chi connectivity index (χ0) is 19.9. The molecule has 1 aliphatic rings. The minimum absolute atomic E-state index is 0.0896. The molecular formula is C24H26N2O2. The van der Waals surface area contributed by atoms with Crippen LogP contribution in [0.1, 0.15) is 36.8 Å². The van der Waals surface area contributed by atoms with Gasteiger partial charge in [-0.25, -0.2) is 0 Å². The minimum Gasteiger partial charge on any atom is -0.326 e. The van der Waals surface area contributed by atoms with E-state index >= 15 is 0 Å². The smallest absolute Gasteiger partial charge is 0.228 e. The summed E-state index contributed by atoms with van der Waals surface area (Å²) in [6.07, 6.45) is 6.90. The first kappa shape index (κ1) is 19.6. The van der Waals surface area contributed by atoms with Crippen molar-refractivity contribution in [1.82, 2.24) is 0 Å². The Morgan fingerprint density at radius 2 is 1.07 bits per heavy atom. The van der Waals surface area contributed by atoms with Gasteiger partial charge in [-0.05, 0) is 48.2 Å². The van der Waals surface area contributed by atoms with E-state index in [1.54, 1.807) is 12.2 Å². The molecule has 1 fully saturated rings. The number of carbonyl (C=O) groups excluding carboxylic acids is 2. The Hall–Kier alpha value is -3.14. The molecule has 2 amide bonds. The molecule has 4 heteroatoms. The molecule has 2 N–H and O–H groups in total. The molecule has 1 saturated carbocycles. The summed E-state index contributed by atoms with van der Waals surface area (Å²) in [4.78, 5) is 25.7. The summed E-state index contributed by atoms with van der Waals surface area (Å²) in [5, 5.41) is 5.92. The molecule has 0 unspecified atom stereocenters. The average Bonchev–Trinajstić information content (AvgIpc) is 2.74. The van der Waals surface area contributed by atoms with Crippen LogP contribution in [-0.4, -0.2) is 11.8 Å². The second kappa shape index (κ2) is 9.18. The Morgan fingerprint density at radius 3 is 1.39 bits per heavy atom. The van der Waals surface area contributed by atoms with Crippen LogP contribution in [-0.2, 0) is 9.59 Å². The van der Waals surface area contributed by atoms with Crippen molar-refractivity contribution in [3.63, 3.8) is 0 Å². The lowest BCUT2D eigenvalue weighted by Crippen LogP contribution is -2.38. The highest BCUT2D eigenvalue weighted by molar-refractivity contribution is 5.99. The van der Waals surface area contributed by atoms with Gasteiger partial charge in [0.25, 0.3) is 0 Å². The highest BCUT2D eigenvalue weighted by Crippen LogP contribution is 2.32. The number of amides is 2. The van der Waals surface area contributed by atoms with Crippen molar-refractivity contribution < 1.29 is 9.59 Å². The molecule has 0 radical (unpaired) electrons. The van der Waals surface area contributed by atoms with E-state index in [4.69, 9.17) is 0 Å². The maximum absolute atomic E-state index is 12.9. The molecule has 2 aromatic carbocycles. The summed E-state index contributed by atoms with van der Waals surface area (Å²) in [5.74, 6) is -0.818. The molecule has 144 valence electrons. The Morgan fingerprint density at radius 1 is 0.714 bits per heavy atom. The van der Waals surface area contributed by atoms with E-state index in [2.05, 4.69) is 23.8 Å². The van der Waals surface area contributed by atoms with Crippen molar-refractivity contribution in [2.24, 2.45) is 11.8 Å². The van der Waals surface area contributed by atoms with Crippen molar-refractivity contribution in [2.75, 3.05) is 10.6 Å². The van der Waals surface area contributed by atoms with Gasteiger partial charge in [0.15, 0.2) is 0 Å². The summed E-state index contributed by atoms with van der Waals surface area (Å²) < 4.78 is 0. The molecule has 3 rings (SSSR count). The first-order valence-electron chi connectivity index (χ1n) is 9.67. The van der Waals surface area contributed by atoms with E-state index in [1.165, 1.54) is 0 Å². The van der Waals surface area contributed by atoms with Crippen LogP contribution in [0.25, 0.3) is 12.2 Å². The number of hydrogen-bond acceptors (Lipinski definition) is 2. The third-order valence-electron chi connectivity index (χ3n) is 5.27. The summed E-state index contributed by atoms with van der Waals surface area (Å²) in [6, 6.07) is 15.0. The van der Waals surface area contributed by atoms with Crippen molar-refractivity contribution in [2.45, 2.75) is 25.7 Å². The van der Waals surface area contributed by atoms with Gasteiger partial charge in [-0.2, -0.15) is 0 Å². The van der Waals surface area contributed by atoms with Crippen molar-refractivity contribution >= 4 is 35.3 Å². The summed E-state index contributed by atoms with van der Waals surface area (Å²) in [7, 11) is 0. The van der Waals surface area contributed by atoms with Gasteiger partial charge in [0, 0.05) is 23.2 Å². The molecule has 2 atom stereocenters. The number of carbonyl (C=O) groups is 2. The van der Waals surface area contributed by atoms with E-state index in [-0.39, 0.29) is 23.7 Å². The number of anilines is 2. The van der Waals surface area contributed by atoms with E-state index in [1.807, 2.05) is 48.5 Å². The summed E-state index contributed by atoms with van der Waals surface area (Å²) >= 11 is 0. The largest absolute Gasteiger partial charge is 0.326 e. The standard InChI is InChI=1S/C24H26N2O2/c1-3-17-9-13-19(14-10-17)25-23(27)21-7-5-6-8-22(21)24(28)26-20-15-11-18(4-2)12-16-20/h3-4,9-16,21-22H,1-2,5-8H2,(H,25,27)(H,26,28)/t21-,22-/m0/s1. The Labute approximate surface area is 166 Å². The lowest BCUT2D eigenvalue weighted by molar-refractivity contribution is -0.130. The fraction of sp³-hybridized carbons (Fsp3) is 0.250. The highest BCUT2D eigenvalue weighted by Gasteiger charge is 2.35. The van der Waals surface area contributed by atoms with E-state index < -0.39 is 0 Å². The lowest BCUT2D eigenvalue weighted by atomic mass is 9.78. The molecule has 0 bridgehead atoms. The summed E-state index contributed by atoms with van der Waals surface area (Å²) in [6.45, 7) is 7.46. The van der Waals surface area contributed by atoms with Crippen molar-refractivity contribution in [3.8, 4) is 0 Å². The van der Waals surface area contributed by atoms with Crippen molar-refractivity contribution in [1.29, 1.82) is 0 Å². The third-order valence-corrected chi connectivity index (χ3v) is 5.27. The average molecular weight is 374 g/mol. The van der Waals surface area contributed by atoms with Crippen LogP contribution in [0.15, 0.2) is 61.7 Å². The molecule has 0 spiro atoms. The second-order valence-corrected chi connectivity index (χ2v) is 7.13. The number of benzene rings is 2. The second-order valence-electron chi connectivity index (χ2n) is 7.13. The molecule has 0 aromatic heterocycles. The Balaban J connectivity index is 1.67. The number of hydrogen-bond donors (Lipinski definition) is 2. The van der Waals surface area contributed by atoms with Gasteiger partial charge >= 0.3 is 0 Å². The molecule has 0 heterocycles. The van der Waals surface area contributed by atoms with Gasteiger partial charge < -0.3 is 10.6 Å². The fourth-order valence-corrected chi connectivity index (χ4v) is 3.63. The molecule has 28 heavy (non-hydrogen) atoms. The molecule has 2 aromatic rings. The lowest BCUT2D eigenvalue weighted by Gasteiger charge is -2.29. The van der Waals surface area contributed by atoms with Gasteiger partial charge in [-0.1, -0.05) is 62.4 Å². The zero-order valence-electron chi connectivity index (χ0n) is 16.0. The molecular weight excluding hydrogens is 348 g/mol. The van der Waals surface area contributed by atoms with Crippen LogP contribution in [0.3, 0.4) is 0 Å². The first-order chi connectivity index (χ1) is 13.6. The topological polar surface area (TPSA) is 58.2 Å². The van der Waals surface area contributed by atoms with Crippen molar-refractivity contribution in [3.05, 3.63) is 72.8 Å². The molecule has 0 saturated heterocycles. The van der Waals surface area contributed by atoms with E-state index in [9.17, 15) is 9.59 Å². The maximum Gasteiger partial charge on any atom is 0.228 e. The van der Waals surface area contributed by atoms with E-state index in [0.717, 1.165) is 48.2 Å². The quantitative estimate of drug-likeness (QED) is 0.715. The van der Waals surface area contributed by atoms with Crippen LogP contribution in [0.5, 0.6) is 0 Å². The predicted molar refractivity (Wildman–Crippen MR) is 116 cm³/mol. The van der Waals surface area contributed by atoms with Crippen LogP contribution in [0, 0.1) is 11.8 Å². The highest BCUT2D eigenvalue weighted by atomic mass is 16.2. The van der Waals surface area contributed by atoms with Gasteiger partial charge in [0.1, 0.15) is 0 Å². The van der Waals surface area contributed by atoms with Crippen LogP contribution < -0.4 is 10.6 Å². The Kier molecular flexibility index (Phi) is 6.43. The van der Waals surface area contributed by atoms with E-state index in [0.29, 0.717) is 0 Å². The first-order valence-corrected chi connectivity index (χ1v) is 9.67. The zero-order valence-corrected chi connectivity index (χ0v) is 16.0. The van der Waals surface area contributed by atoms with Gasteiger partial charge in [0.2, 0.25) is 11.8 Å². The third kappa shape index (κ3) is 4.77. The van der Waals surface area contributed by atoms with Gasteiger partial charge in [0.05, 0.1) is 0 Å². The predicted octanol–water partition coefficient (Wildman–Crippen LogP) is 5.36. The fourth-order valence-electron chi connectivity index (χ4n) is 3.63. The molecule has 0 aliphatic heterocycles. The molecule has 4 nitrogen and oxygen atoms in total. The minimum atomic E-state index is -0.319. The van der Waals surface area contributed by atoms with Crippen LogP contribution in [0.4, 0.5) is 11.4 Å². The van der Waals surface area contributed by atoms with Crippen LogP contribution >= 0.6 is 0 Å². The normalized spacial score (nSPS) is 18.7. The Bertz CT molecular complexity index is 780. The molecule has 1 aliphatic carbocycles. The monoisotopic (exact) mass is 374 g/mol. The number of rotatable bonds is 6. The van der Waals surface area contributed by atoms with Gasteiger partial charge in [-0.15, -0.1) is 0 Å². The van der Waals surface area contributed by atoms with Gasteiger partial charge in [-0.3, -0.25) is 9.59 Å².